The SMILES string of the molecule is O=C1CC(C2CCCCN2CC(O)COCc2cccs2)CN1. The van der Waals surface area contributed by atoms with E-state index >= 15 is 0 Å². The molecule has 2 fully saturated rings. The molecule has 0 aliphatic carbocycles. The van der Waals surface area contributed by atoms with Crippen LogP contribution in [0.4, 0.5) is 0 Å². The van der Waals surface area contributed by atoms with Crippen LogP contribution in [-0.2, 0) is 16.1 Å². The lowest BCUT2D eigenvalue weighted by atomic mass is 9.89. The summed E-state index contributed by atoms with van der Waals surface area (Å²) in [6.07, 6.45) is 3.68. The zero-order valence-corrected chi connectivity index (χ0v) is 14.3. The number of hydrogen-bond acceptors (Lipinski definition) is 5. The molecule has 1 aromatic rings. The average molecular weight is 338 g/mol. The van der Waals surface area contributed by atoms with E-state index in [4.69, 9.17) is 4.74 Å². The number of thiophene rings is 1. The summed E-state index contributed by atoms with van der Waals surface area (Å²) in [6.45, 7) is 3.37. The van der Waals surface area contributed by atoms with Crippen LogP contribution >= 0.6 is 11.3 Å². The third-order valence-corrected chi connectivity index (χ3v) is 5.65. The fourth-order valence-corrected chi connectivity index (χ4v) is 4.33. The van der Waals surface area contributed by atoms with Gasteiger partial charge in [-0.3, -0.25) is 9.69 Å². The quantitative estimate of drug-likeness (QED) is 0.793. The first-order valence-electron chi connectivity index (χ1n) is 8.51. The fourth-order valence-electron chi connectivity index (χ4n) is 3.69. The molecule has 1 amide bonds. The number of ether oxygens (including phenoxy) is 1. The van der Waals surface area contributed by atoms with E-state index in [0.29, 0.717) is 38.1 Å². The predicted octanol–water partition coefficient (Wildman–Crippen LogP) is 1.62. The highest BCUT2D eigenvalue weighted by Gasteiger charge is 2.35. The number of carbonyl (C=O) groups excluding carboxylic acids is 1. The molecule has 0 aromatic carbocycles. The smallest absolute Gasteiger partial charge is 0.220 e. The molecule has 23 heavy (non-hydrogen) atoms. The Bertz CT molecular complexity index is 494. The van der Waals surface area contributed by atoms with Crippen LogP contribution in [0.2, 0.25) is 0 Å². The molecular weight excluding hydrogens is 312 g/mol. The predicted molar refractivity (Wildman–Crippen MR) is 90.3 cm³/mol. The van der Waals surface area contributed by atoms with Gasteiger partial charge in [0.05, 0.1) is 19.3 Å². The monoisotopic (exact) mass is 338 g/mol. The molecule has 3 heterocycles. The number of likely N-dealkylation sites (tertiary alicyclic amines) is 1. The number of piperidine rings is 1. The summed E-state index contributed by atoms with van der Waals surface area (Å²) >= 11 is 1.67. The first-order chi connectivity index (χ1) is 11.2. The van der Waals surface area contributed by atoms with Crippen molar-refractivity contribution >= 4 is 17.2 Å². The van der Waals surface area contributed by atoms with Crippen molar-refractivity contribution in [1.82, 2.24) is 10.2 Å². The molecule has 3 unspecified atom stereocenters. The number of aliphatic hydroxyl groups is 1. The second-order valence-corrected chi connectivity index (χ2v) is 7.61. The van der Waals surface area contributed by atoms with Crippen LogP contribution in [0.1, 0.15) is 30.6 Å². The standard InChI is InChI=1S/C17H26N2O3S/c20-14(11-22-12-15-4-3-7-23-15)10-19-6-2-1-5-16(19)13-8-17(21)18-9-13/h3-4,7,13-14,16,20H,1-2,5-6,8-12H2,(H,18,21). The zero-order chi connectivity index (χ0) is 16.1. The molecule has 2 aliphatic heterocycles. The number of carbonyl (C=O) groups is 1. The van der Waals surface area contributed by atoms with Gasteiger partial charge in [0.15, 0.2) is 0 Å². The number of aliphatic hydroxyl groups excluding tert-OH is 1. The summed E-state index contributed by atoms with van der Waals surface area (Å²) in [4.78, 5) is 15.0. The van der Waals surface area contributed by atoms with Gasteiger partial charge in [-0.1, -0.05) is 12.5 Å². The lowest BCUT2D eigenvalue weighted by Gasteiger charge is -2.39. The van der Waals surface area contributed by atoms with Gasteiger partial charge in [-0.15, -0.1) is 11.3 Å². The van der Waals surface area contributed by atoms with Crippen LogP contribution in [0, 0.1) is 5.92 Å². The third kappa shape index (κ3) is 4.76. The molecule has 128 valence electrons. The first-order valence-corrected chi connectivity index (χ1v) is 9.39. The van der Waals surface area contributed by atoms with Crippen molar-refractivity contribution in [2.45, 2.75) is 44.4 Å². The number of rotatable bonds is 7. The van der Waals surface area contributed by atoms with E-state index in [-0.39, 0.29) is 5.91 Å². The number of amides is 1. The van der Waals surface area contributed by atoms with Crippen LogP contribution < -0.4 is 5.32 Å². The van der Waals surface area contributed by atoms with Gasteiger partial charge in [-0.05, 0) is 30.8 Å². The summed E-state index contributed by atoms with van der Waals surface area (Å²) < 4.78 is 5.63. The minimum Gasteiger partial charge on any atom is -0.389 e. The lowest BCUT2D eigenvalue weighted by molar-refractivity contribution is -0.119. The molecule has 2 saturated heterocycles. The largest absolute Gasteiger partial charge is 0.389 e. The van der Waals surface area contributed by atoms with Crippen LogP contribution in [-0.4, -0.2) is 54.3 Å². The van der Waals surface area contributed by atoms with Crippen LogP contribution in [0.3, 0.4) is 0 Å². The van der Waals surface area contributed by atoms with Crippen molar-refractivity contribution < 1.29 is 14.6 Å². The van der Waals surface area contributed by atoms with Gasteiger partial charge in [0.25, 0.3) is 0 Å². The zero-order valence-electron chi connectivity index (χ0n) is 13.4. The molecule has 0 bridgehead atoms. The summed E-state index contributed by atoms with van der Waals surface area (Å²) in [5.74, 6) is 0.558. The number of β-amino-alcohol motifs (C(OH)–C–C–N with tert-alkyl or cyclic N) is 1. The Labute approximate surface area is 141 Å². The Hall–Kier alpha value is -0.950. The van der Waals surface area contributed by atoms with Gasteiger partial charge in [-0.25, -0.2) is 0 Å². The maximum absolute atomic E-state index is 11.5. The summed E-state index contributed by atoms with van der Waals surface area (Å²) in [6, 6.07) is 4.46. The van der Waals surface area contributed by atoms with Gasteiger partial charge in [0, 0.05) is 36.3 Å². The molecule has 0 radical (unpaired) electrons. The van der Waals surface area contributed by atoms with Crippen molar-refractivity contribution in [2.75, 3.05) is 26.2 Å². The number of nitrogens with zero attached hydrogens (tertiary/aromatic N) is 1. The molecule has 0 spiro atoms. The molecule has 1 aromatic heterocycles. The van der Waals surface area contributed by atoms with Gasteiger partial charge in [-0.2, -0.15) is 0 Å². The van der Waals surface area contributed by atoms with E-state index in [1.54, 1.807) is 11.3 Å². The van der Waals surface area contributed by atoms with E-state index in [9.17, 15) is 9.90 Å². The summed E-state index contributed by atoms with van der Waals surface area (Å²) in [7, 11) is 0. The van der Waals surface area contributed by atoms with E-state index < -0.39 is 6.10 Å². The fraction of sp³-hybridized carbons (Fsp3) is 0.706. The van der Waals surface area contributed by atoms with E-state index in [1.807, 2.05) is 17.5 Å². The van der Waals surface area contributed by atoms with Crippen LogP contribution in [0.15, 0.2) is 17.5 Å². The molecule has 2 aliphatic rings. The maximum Gasteiger partial charge on any atom is 0.220 e. The average Bonchev–Trinajstić information content (AvgIpc) is 3.19. The molecule has 6 heteroatoms. The Morgan fingerprint density at radius 1 is 1.48 bits per heavy atom. The highest BCUT2D eigenvalue weighted by Crippen LogP contribution is 2.27. The molecule has 0 saturated carbocycles. The van der Waals surface area contributed by atoms with Gasteiger partial charge in [0.2, 0.25) is 5.91 Å². The van der Waals surface area contributed by atoms with E-state index in [1.165, 1.54) is 17.7 Å². The Morgan fingerprint density at radius 2 is 2.39 bits per heavy atom. The van der Waals surface area contributed by atoms with Gasteiger partial charge in [0.1, 0.15) is 0 Å². The van der Waals surface area contributed by atoms with Crippen LogP contribution in [0.5, 0.6) is 0 Å². The van der Waals surface area contributed by atoms with Gasteiger partial charge < -0.3 is 15.2 Å². The van der Waals surface area contributed by atoms with Crippen LogP contribution in [0.25, 0.3) is 0 Å². The van der Waals surface area contributed by atoms with Gasteiger partial charge >= 0.3 is 0 Å². The topological polar surface area (TPSA) is 61.8 Å². The molecular formula is C17H26N2O3S. The molecule has 3 rings (SSSR count). The minimum absolute atomic E-state index is 0.167. The Balaban J connectivity index is 1.45. The normalized spacial score (nSPS) is 27.1. The highest BCUT2D eigenvalue weighted by atomic mass is 32.1. The van der Waals surface area contributed by atoms with E-state index in [0.717, 1.165) is 19.5 Å². The minimum atomic E-state index is -0.472. The second-order valence-electron chi connectivity index (χ2n) is 6.57. The molecule has 5 nitrogen and oxygen atoms in total. The Kier molecular flexibility index (Phi) is 6.05. The summed E-state index contributed by atoms with van der Waals surface area (Å²) in [5, 5.41) is 15.3. The molecule has 3 atom stereocenters. The second kappa shape index (κ2) is 8.24. The highest BCUT2D eigenvalue weighted by molar-refractivity contribution is 7.09. The summed E-state index contributed by atoms with van der Waals surface area (Å²) in [5.41, 5.74) is 0. The van der Waals surface area contributed by atoms with Crippen molar-refractivity contribution in [1.29, 1.82) is 0 Å². The van der Waals surface area contributed by atoms with Crippen molar-refractivity contribution in [3.63, 3.8) is 0 Å². The van der Waals surface area contributed by atoms with Crippen molar-refractivity contribution in [3.8, 4) is 0 Å². The lowest BCUT2D eigenvalue weighted by Crippen LogP contribution is -2.48. The molecule has 2 N–H and O–H groups in total. The maximum atomic E-state index is 11.5. The van der Waals surface area contributed by atoms with Crippen molar-refractivity contribution in [2.24, 2.45) is 5.92 Å². The van der Waals surface area contributed by atoms with E-state index in [2.05, 4.69) is 10.2 Å². The first kappa shape index (κ1) is 16.9. The number of hydrogen-bond donors (Lipinski definition) is 2. The van der Waals surface area contributed by atoms with Crippen molar-refractivity contribution in [3.05, 3.63) is 22.4 Å². The number of nitrogens with one attached hydrogen (secondary N) is 1. The Morgan fingerprint density at radius 3 is 3.13 bits per heavy atom. The third-order valence-electron chi connectivity index (χ3n) is 4.80.